The lowest BCUT2D eigenvalue weighted by atomic mass is 10.1. The van der Waals surface area contributed by atoms with Gasteiger partial charge in [0.05, 0.1) is 9.92 Å². The monoisotopic (exact) mass is 391 g/mol. The van der Waals surface area contributed by atoms with Gasteiger partial charge in [-0.25, -0.2) is 17.5 Å². The fourth-order valence-corrected chi connectivity index (χ4v) is 3.46. The van der Waals surface area contributed by atoms with Crippen LogP contribution in [-0.2, 0) is 16.4 Å². The first kappa shape index (κ1) is 16.4. The molecule has 3 nitrogen and oxygen atoms in total. The molecule has 21 heavy (non-hydrogen) atoms. The second-order valence-corrected chi connectivity index (χ2v) is 7.38. The number of nitrogens with one attached hydrogen (secondary N) is 1. The zero-order chi connectivity index (χ0) is 15.5. The first-order valence-electron chi connectivity index (χ1n) is 6.08. The maximum atomic E-state index is 13.0. The maximum Gasteiger partial charge on any atom is 0.240 e. The van der Waals surface area contributed by atoms with Crippen molar-refractivity contribution >= 4 is 37.6 Å². The van der Waals surface area contributed by atoms with Crippen molar-refractivity contribution < 1.29 is 12.8 Å². The van der Waals surface area contributed by atoms with E-state index >= 15 is 0 Å². The van der Waals surface area contributed by atoms with Crippen molar-refractivity contribution in [2.75, 3.05) is 6.54 Å². The lowest BCUT2D eigenvalue weighted by molar-refractivity contribution is 0.581. The molecule has 0 aromatic heterocycles. The van der Waals surface area contributed by atoms with E-state index in [0.29, 0.717) is 15.9 Å². The quantitative estimate of drug-likeness (QED) is 0.842. The molecule has 2 aromatic rings. The SMILES string of the molecule is O=S(=O)(NCCc1cccc(F)c1)c1ccc(Cl)c(Br)c1. The Kier molecular flexibility index (Phi) is 5.37. The molecule has 2 aromatic carbocycles. The van der Waals surface area contributed by atoms with Crippen LogP contribution in [0.2, 0.25) is 5.02 Å². The molecule has 0 saturated heterocycles. The third kappa shape index (κ3) is 4.51. The van der Waals surface area contributed by atoms with Gasteiger partial charge >= 0.3 is 0 Å². The van der Waals surface area contributed by atoms with E-state index in [0.717, 1.165) is 5.56 Å². The highest BCUT2D eigenvalue weighted by Gasteiger charge is 2.14. The average molecular weight is 393 g/mol. The summed E-state index contributed by atoms with van der Waals surface area (Å²) in [5, 5.41) is 0.439. The van der Waals surface area contributed by atoms with Gasteiger partial charge in [0.1, 0.15) is 5.82 Å². The molecule has 0 atom stereocenters. The van der Waals surface area contributed by atoms with Crippen LogP contribution in [-0.4, -0.2) is 15.0 Å². The van der Waals surface area contributed by atoms with Crippen LogP contribution in [0.4, 0.5) is 4.39 Å². The summed E-state index contributed by atoms with van der Waals surface area (Å²) in [6, 6.07) is 10.4. The molecule has 0 saturated carbocycles. The van der Waals surface area contributed by atoms with E-state index in [1.165, 1.54) is 30.3 Å². The molecule has 0 bridgehead atoms. The lowest BCUT2D eigenvalue weighted by Crippen LogP contribution is -2.26. The molecule has 0 heterocycles. The molecule has 112 valence electrons. The molecule has 2 rings (SSSR count). The maximum absolute atomic E-state index is 13.0. The summed E-state index contributed by atoms with van der Waals surface area (Å²) in [6.45, 7) is 0.187. The Morgan fingerprint density at radius 3 is 2.62 bits per heavy atom. The number of hydrogen-bond donors (Lipinski definition) is 1. The predicted octanol–water partition coefficient (Wildman–Crippen LogP) is 3.76. The van der Waals surface area contributed by atoms with E-state index in [-0.39, 0.29) is 17.3 Å². The summed E-state index contributed by atoms with van der Waals surface area (Å²) in [5.74, 6) is -0.336. The van der Waals surface area contributed by atoms with E-state index in [1.807, 2.05) is 0 Å². The van der Waals surface area contributed by atoms with Crippen LogP contribution in [0.5, 0.6) is 0 Å². The summed E-state index contributed by atoms with van der Waals surface area (Å²) in [6.07, 6.45) is 0.408. The smallest absolute Gasteiger partial charge is 0.211 e. The van der Waals surface area contributed by atoms with Crippen LogP contribution in [0.25, 0.3) is 0 Å². The van der Waals surface area contributed by atoms with E-state index < -0.39 is 10.0 Å². The summed E-state index contributed by atoms with van der Waals surface area (Å²) in [5.41, 5.74) is 0.731. The Morgan fingerprint density at radius 1 is 1.19 bits per heavy atom. The summed E-state index contributed by atoms with van der Waals surface area (Å²) < 4.78 is 40.2. The lowest BCUT2D eigenvalue weighted by Gasteiger charge is -2.08. The standard InChI is InChI=1S/C14H12BrClFNO2S/c15-13-9-12(4-5-14(13)16)21(19,20)18-7-6-10-2-1-3-11(17)8-10/h1-5,8-9,18H,6-7H2. The minimum absolute atomic E-state index is 0.123. The number of rotatable bonds is 5. The molecule has 0 amide bonds. The normalized spacial score (nSPS) is 11.6. The zero-order valence-corrected chi connectivity index (χ0v) is 14.0. The first-order valence-corrected chi connectivity index (χ1v) is 8.73. The molecule has 0 unspecified atom stereocenters. The predicted molar refractivity (Wildman–Crippen MR) is 84.4 cm³/mol. The first-order chi connectivity index (χ1) is 9.88. The molecule has 0 aliphatic rings. The van der Waals surface area contributed by atoms with Crippen molar-refractivity contribution in [2.45, 2.75) is 11.3 Å². The highest BCUT2D eigenvalue weighted by atomic mass is 79.9. The number of benzene rings is 2. The van der Waals surface area contributed by atoms with E-state index in [1.54, 1.807) is 12.1 Å². The third-order valence-corrected chi connectivity index (χ3v) is 5.47. The molecule has 0 aliphatic carbocycles. The highest BCUT2D eigenvalue weighted by molar-refractivity contribution is 9.10. The highest BCUT2D eigenvalue weighted by Crippen LogP contribution is 2.25. The molecule has 7 heteroatoms. The van der Waals surface area contributed by atoms with Crippen LogP contribution in [0.3, 0.4) is 0 Å². The van der Waals surface area contributed by atoms with E-state index in [2.05, 4.69) is 20.7 Å². The number of hydrogen-bond acceptors (Lipinski definition) is 2. The van der Waals surface area contributed by atoms with Crippen LogP contribution >= 0.6 is 27.5 Å². The fraction of sp³-hybridized carbons (Fsp3) is 0.143. The third-order valence-electron chi connectivity index (χ3n) is 2.80. The topological polar surface area (TPSA) is 46.2 Å². The van der Waals surface area contributed by atoms with E-state index in [9.17, 15) is 12.8 Å². The molecule has 1 N–H and O–H groups in total. The minimum atomic E-state index is -3.61. The Labute approximate surface area is 136 Å². The molecular formula is C14H12BrClFNO2S. The van der Waals surface area contributed by atoms with Gasteiger partial charge in [-0.15, -0.1) is 0 Å². The Hall–Kier alpha value is -0.950. The summed E-state index contributed by atoms with van der Waals surface area (Å²) in [7, 11) is -3.61. The van der Waals surface area contributed by atoms with Crippen LogP contribution < -0.4 is 4.72 Å². The minimum Gasteiger partial charge on any atom is -0.211 e. The molecule has 0 fully saturated rings. The molecule has 0 spiro atoms. The Bertz CT molecular complexity index is 752. The fourth-order valence-electron chi connectivity index (χ4n) is 1.75. The van der Waals surface area contributed by atoms with Crippen molar-refractivity contribution in [2.24, 2.45) is 0 Å². The number of halogens is 3. The van der Waals surface area contributed by atoms with Gasteiger partial charge in [-0.3, -0.25) is 0 Å². The second kappa shape index (κ2) is 6.87. The van der Waals surface area contributed by atoms with Gasteiger partial charge in [0.15, 0.2) is 0 Å². The van der Waals surface area contributed by atoms with E-state index in [4.69, 9.17) is 11.6 Å². The van der Waals surface area contributed by atoms with Crippen molar-refractivity contribution in [3.63, 3.8) is 0 Å². The Morgan fingerprint density at radius 2 is 1.95 bits per heavy atom. The van der Waals surface area contributed by atoms with Crippen molar-refractivity contribution in [1.29, 1.82) is 0 Å². The summed E-state index contributed by atoms with van der Waals surface area (Å²) >= 11 is 9.02. The zero-order valence-electron chi connectivity index (χ0n) is 10.8. The van der Waals surface area contributed by atoms with Crippen LogP contribution in [0, 0.1) is 5.82 Å². The van der Waals surface area contributed by atoms with Gasteiger partial charge in [0.25, 0.3) is 0 Å². The van der Waals surface area contributed by atoms with Crippen LogP contribution in [0.15, 0.2) is 51.8 Å². The average Bonchev–Trinajstić information content (AvgIpc) is 2.41. The number of sulfonamides is 1. The molecule has 0 radical (unpaired) electrons. The van der Waals surface area contributed by atoms with Crippen molar-refractivity contribution in [3.8, 4) is 0 Å². The van der Waals surface area contributed by atoms with Gasteiger partial charge in [0, 0.05) is 11.0 Å². The van der Waals surface area contributed by atoms with Gasteiger partial charge in [-0.2, -0.15) is 0 Å². The van der Waals surface area contributed by atoms with Gasteiger partial charge in [-0.05, 0) is 58.2 Å². The second-order valence-electron chi connectivity index (χ2n) is 4.35. The van der Waals surface area contributed by atoms with Crippen molar-refractivity contribution in [1.82, 2.24) is 4.72 Å². The molecular weight excluding hydrogens is 381 g/mol. The largest absolute Gasteiger partial charge is 0.240 e. The van der Waals surface area contributed by atoms with Crippen molar-refractivity contribution in [3.05, 3.63) is 63.3 Å². The van der Waals surface area contributed by atoms with Gasteiger partial charge in [-0.1, -0.05) is 23.7 Å². The Balaban J connectivity index is 2.03. The van der Waals surface area contributed by atoms with Gasteiger partial charge < -0.3 is 0 Å². The summed E-state index contributed by atoms with van der Waals surface area (Å²) in [4.78, 5) is 0.123. The molecule has 0 aliphatic heterocycles. The van der Waals surface area contributed by atoms with Crippen LogP contribution in [0.1, 0.15) is 5.56 Å². The van der Waals surface area contributed by atoms with Gasteiger partial charge in [0.2, 0.25) is 10.0 Å².